The van der Waals surface area contributed by atoms with Gasteiger partial charge in [0.05, 0.1) is 0 Å². The fourth-order valence-electron chi connectivity index (χ4n) is 1.78. The largest absolute Gasteiger partial charge is 0.382 e. The lowest BCUT2D eigenvalue weighted by molar-refractivity contribution is 0.627. The summed E-state index contributed by atoms with van der Waals surface area (Å²) in [5.74, 6) is -0.300. The third kappa shape index (κ3) is 3.28. The van der Waals surface area contributed by atoms with E-state index >= 15 is 0 Å². The third-order valence-electron chi connectivity index (χ3n) is 2.79. The molecule has 0 spiro atoms. The van der Waals surface area contributed by atoms with Gasteiger partial charge < -0.3 is 10.6 Å². The highest BCUT2D eigenvalue weighted by Gasteiger charge is 2.05. The predicted molar refractivity (Wildman–Crippen MR) is 73.8 cm³/mol. The Morgan fingerprint density at radius 1 is 1.32 bits per heavy atom. The number of benzene rings is 1. The Hall–Kier alpha value is -2.43. The zero-order valence-electron chi connectivity index (χ0n) is 10.6. The van der Waals surface area contributed by atoms with Gasteiger partial charge in [0.1, 0.15) is 17.3 Å². The summed E-state index contributed by atoms with van der Waals surface area (Å²) in [4.78, 5) is 6.00. The van der Waals surface area contributed by atoms with Crippen molar-refractivity contribution >= 4 is 11.5 Å². The van der Waals surface area contributed by atoms with Gasteiger partial charge in [-0.2, -0.15) is 0 Å². The Morgan fingerprint density at radius 3 is 2.63 bits per heavy atom. The van der Waals surface area contributed by atoms with Crippen LogP contribution in [0.3, 0.4) is 0 Å². The number of nitrogens with zero attached hydrogens (tertiary/aromatic N) is 2. The molecule has 1 aromatic carbocycles. The Kier molecular flexibility index (Phi) is 3.75. The summed E-state index contributed by atoms with van der Waals surface area (Å²) >= 11 is 0. The van der Waals surface area contributed by atoms with Crippen LogP contribution in [0.1, 0.15) is 11.3 Å². The van der Waals surface area contributed by atoms with Crippen molar-refractivity contribution in [1.82, 2.24) is 4.98 Å². The summed E-state index contributed by atoms with van der Waals surface area (Å²) in [5, 5.41) is 7.36. The Bertz CT molecular complexity index is 580. The summed E-state index contributed by atoms with van der Waals surface area (Å²) < 4.78 is 12.9. The number of nitrogens with two attached hydrogens (primary N) is 1. The number of anilines is 1. The van der Waals surface area contributed by atoms with Crippen molar-refractivity contribution in [2.24, 2.45) is 5.73 Å². The molecule has 0 aliphatic rings. The summed E-state index contributed by atoms with van der Waals surface area (Å²) in [6, 6.07) is 9.96. The number of nitrogens with one attached hydrogen (secondary N) is 1. The van der Waals surface area contributed by atoms with Crippen molar-refractivity contribution < 1.29 is 4.39 Å². The minimum Gasteiger partial charge on any atom is -0.382 e. The SMILES string of the molecule is CN(Cc1ccnc(C(=N)N)c1)c1ccc(F)cc1. The van der Waals surface area contributed by atoms with E-state index < -0.39 is 0 Å². The monoisotopic (exact) mass is 258 g/mol. The van der Waals surface area contributed by atoms with Gasteiger partial charge in [-0.1, -0.05) is 0 Å². The number of halogens is 1. The molecular formula is C14H15FN4. The fraction of sp³-hybridized carbons (Fsp3) is 0.143. The normalized spacial score (nSPS) is 10.2. The maximum Gasteiger partial charge on any atom is 0.141 e. The highest BCUT2D eigenvalue weighted by Crippen LogP contribution is 2.16. The van der Waals surface area contributed by atoms with E-state index in [1.165, 1.54) is 12.1 Å². The van der Waals surface area contributed by atoms with Gasteiger partial charge in [-0.3, -0.25) is 10.4 Å². The van der Waals surface area contributed by atoms with Crippen molar-refractivity contribution in [3.63, 3.8) is 0 Å². The second-order valence-corrected chi connectivity index (χ2v) is 4.30. The lowest BCUT2D eigenvalue weighted by Gasteiger charge is -2.19. The van der Waals surface area contributed by atoms with E-state index in [1.54, 1.807) is 24.4 Å². The third-order valence-corrected chi connectivity index (χ3v) is 2.79. The van der Waals surface area contributed by atoms with Crippen LogP contribution in [0.2, 0.25) is 0 Å². The molecule has 0 saturated carbocycles. The van der Waals surface area contributed by atoms with Crippen LogP contribution in [0.5, 0.6) is 0 Å². The summed E-state index contributed by atoms with van der Waals surface area (Å²) in [5.41, 5.74) is 7.78. The average molecular weight is 258 g/mol. The van der Waals surface area contributed by atoms with Crippen LogP contribution in [-0.4, -0.2) is 17.9 Å². The van der Waals surface area contributed by atoms with Crippen LogP contribution in [0.25, 0.3) is 0 Å². The quantitative estimate of drug-likeness (QED) is 0.652. The Balaban J connectivity index is 2.14. The molecule has 2 aromatic rings. The van der Waals surface area contributed by atoms with Crippen molar-refractivity contribution in [2.75, 3.05) is 11.9 Å². The van der Waals surface area contributed by atoms with Crippen LogP contribution in [0.15, 0.2) is 42.6 Å². The van der Waals surface area contributed by atoms with Crippen LogP contribution < -0.4 is 10.6 Å². The lowest BCUT2D eigenvalue weighted by atomic mass is 10.2. The highest BCUT2D eigenvalue weighted by atomic mass is 19.1. The molecule has 98 valence electrons. The number of amidine groups is 1. The van der Waals surface area contributed by atoms with E-state index in [1.807, 2.05) is 18.0 Å². The number of aromatic nitrogens is 1. The predicted octanol–water partition coefficient (Wildman–Crippen LogP) is 2.14. The van der Waals surface area contributed by atoms with Crippen LogP contribution >= 0.6 is 0 Å². The molecule has 0 fully saturated rings. The fourth-order valence-corrected chi connectivity index (χ4v) is 1.78. The maximum atomic E-state index is 12.9. The molecule has 0 bridgehead atoms. The van der Waals surface area contributed by atoms with Crippen LogP contribution in [0, 0.1) is 11.2 Å². The zero-order chi connectivity index (χ0) is 13.8. The topological polar surface area (TPSA) is 66.0 Å². The van der Waals surface area contributed by atoms with E-state index in [0.717, 1.165) is 11.3 Å². The molecular weight excluding hydrogens is 243 g/mol. The van der Waals surface area contributed by atoms with Crippen LogP contribution in [0.4, 0.5) is 10.1 Å². The van der Waals surface area contributed by atoms with E-state index in [4.69, 9.17) is 11.1 Å². The lowest BCUT2D eigenvalue weighted by Crippen LogP contribution is -2.18. The molecule has 3 N–H and O–H groups in total. The first-order chi connectivity index (χ1) is 9.06. The second-order valence-electron chi connectivity index (χ2n) is 4.30. The molecule has 1 heterocycles. The molecule has 0 aliphatic heterocycles. The molecule has 4 nitrogen and oxygen atoms in total. The first kappa shape index (κ1) is 13.0. The molecule has 0 radical (unpaired) electrons. The Morgan fingerprint density at radius 2 is 2.00 bits per heavy atom. The first-order valence-electron chi connectivity index (χ1n) is 5.82. The summed E-state index contributed by atoms with van der Waals surface area (Å²) in [6.07, 6.45) is 1.63. The van der Waals surface area contributed by atoms with Gasteiger partial charge in [0.2, 0.25) is 0 Å². The van der Waals surface area contributed by atoms with Gasteiger partial charge in [-0.15, -0.1) is 0 Å². The molecule has 19 heavy (non-hydrogen) atoms. The Labute approximate surface area is 111 Å². The van der Waals surface area contributed by atoms with Crippen molar-refractivity contribution in [3.8, 4) is 0 Å². The van der Waals surface area contributed by atoms with E-state index in [9.17, 15) is 4.39 Å². The molecule has 5 heteroatoms. The molecule has 0 atom stereocenters. The minimum absolute atomic E-state index is 0.0497. The van der Waals surface area contributed by atoms with Crippen molar-refractivity contribution in [3.05, 3.63) is 59.7 Å². The average Bonchev–Trinajstić information content (AvgIpc) is 2.39. The minimum atomic E-state index is -0.250. The second kappa shape index (κ2) is 5.48. The van der Waals surface area contributed by atoms with Gasteiger partial charge in [0, 0.05) is 25.5 Å². The number of rotatable bonds is 4. The number of pyridine rings is 1. The summed E-state index contributed by atoms with van der Waals surface area (Å²) in [6.45, 7) is 0.633. The molecule has 2 rings (SSSR count). The van der Waals surface area contributed by atoms with E-state index in [0.29, 0.717) is 12.2 Å². The van der Waals surface area contributed by atoms with Crippen LogP contribution in [-0.2, 0) is 6.54 Å². The number of nitrogen functional groups attached to an aromatic ring is 1. The molecule has 0 unspecified atom stereocenters. The number of hydrogen-bond donors (Lipinski definition) is 2. The van der Waals surface area contributed by atoms with Gasteiger partial charge in [-0.05, 0) is 42.0 Å². The molecule has 0 saturated heterocycles. The smallest absolute Gasteiger partial charge is 0.141 e. The van der Waals surface area contributed by atoms with Gasteiger partial charge in [0.15, 0.2) is 0 Å². The first-order valence-corrected chi connectivity index (χ1v) is 5.82. The zero-order valence-corrected chi connectivity index (χ0v) is 10.6. The van der Waals surface area contributed by atoms with Gasteiger partial charge in [0.25, 0.3) is 0 Å². The summed E-state index contributed by atoms with van der Waals surface area (Å²) in [7, 11) is 1.92. The van der Waals surface area contributed by atoms with Gasteiger partial charge in [-0.25, -0.2) is 4.39 Å². The molecule has 1 aromatic heterocycles. The highest BCUT2D eigenvalue weighted by molar-refractivity contribution is 5.93. The number of hydrogen-bond acceptors (Lipinski definition) is 3. The maximum absolute atomic E-state index is 12.9. The van der Waals surface area contributed by atoms with E-state index in [-0.39, 0.29) is 11.7 Å². The van der Waals surface area contributed by atoms with E-state index in [2.05, 4.69) is 4.98 Å². The molecule has 0 aliphatic carbocycles. The molecule has 0 amide bonds. The van der Waals surface area contributed by atoms with Gasteiger partial charge >= 0.3 is 0 Å². The van der Waals surface area contributed by atoms with Crippen molar-refractivity contribution in [2.45, 2.75) is 6.54 Å². The standard InChI is InChI=1S/C14H15FN4/c1-19(12-4-2-11(15)3-5-12)9-10-6-7-18-13(8-10)14(16)17/h2-8H,9H2,1H3,(H3,16,17). The van der Waals surface area contributed by atoms with Crippen molar-refractivity contribution in [1.29, 1.82) is 5.41 Å².